The lowest BCUT2D eigenvalue weighted by Gasteiger charge is -2.18. The molecule has 108 valence electrons. The summed E-state index contributed by atoms with van der Waals surface area (Å²) in [6.45, 7) is 4.79. The summed E-state index contributed by atoms with van der Waals surface area (Å²) in [7, 11) is -3.95. The zero-order valence-corrected chi connectivity index (χ0v) is 12.2. The average Bonchev–Trinajstić information content (AvgIpc) is 2.34. The van der Waals surface area contributed by atoms with E-state index in [1.165, 1.54) is 18.2 Å². The van der Waals surface area contributed by atoms with E-state index in [0.717, 1.165) is 0 Å². The van der Waals surface area contributed by atoms with Gasteiger partial charge in [-0.3, -0.25) is 4.79 Å². The first-order valence-electron chi connectivity index (χ1n) is 5.95. The number of nitrogens with one attached hydrogen (secondary N) is 1. The highest BCUT2D eigenvalue weighted by atomic mass is 32.2. The Morgan fingerprint density at radius 3 is 2.40 bits per heavy atom. The number of aliphatic carboxylic acids is 1. The maximum atomic E-state index is 12.2. The van der Waals surface area contributed by atoms with Gasteiger partial charge in [0.25, 0.3) is 0 Å². The van der Waals surface area contributed by atoms with Crippen LogP contribution in [0.2, 0.25) is 0 Å². The van der Waals surface area contributed by atoms with Crippen LogP contribution in [0.1, 0.15) is 25.0 Å². The Kier molecular flexibility index (Phi) is 4.87. The number of hydrogen-bond donors (Lipinski definition) is 2. The number of sulfonamides is 1. The summed E-state index contributed by atoms with van der Waals surface area (Å²) in [6.07, 6.45) is 0. The van der Waals surface area contributed by atoms with Crippen LogP contribution in [0, 0.1) is 24.2 Å². The number of nitriles is 1. The number of aryl methyl sites for hydroxylation is 1. The minimum Gasteiger partial charge on any atom is -0.480 e. The lowest BCUT2D eigenvalue weighted by atomic mass is 10.1. The second kappa shape index (κ2) is 6.03. The van der Waals surface area contributed by atoms with Gasteiger partial charge in [0.1, 0.15) is 6.04 Å². The monoisotopic (exact) mass is 296 g/mol. The molecule has 0 fully saturated rings. The van der Waals surface area contributed by atoms with Crippen LogP contribution in [0.4, 0.5) is 0 Å². The minimum absolute atomic E-state index is 0.0246. The molecule has 1 rings (SSSR count). The van der Waals surface area contributed by atoms with E-state index in [2.05, 4.69) is 4.72 Å². The summed E-state index contributed by atoms with van der Waals surface area (Å²) in [5.41, 5.74) is 0.740. The summed E-state index contributed by atoms with van der Waals surface area (Å²) in [6, 6.07) is 4.84. The van der Waals surface area contributed by atoms with Gasteiger partial charge < -0.3 is 5.11 Å². The van der Waals surface area contributed by atoms with E-state index in [9.17, 15) is 13.2 Å². The highest BCUT2D eigenvalue weighted by molar-refractivity contribution is 7.89. The molecule has 0 aromatic heterocycles. The van der Waals surface area contributed by atoms with Gasteiger partial charge in [-0.25, -0.2) is 8.42 Å². The Balaban J connectivity index is 3.18. The van der Waals surface area contributed by atoms with Crippen molar-refractivity contribution < 1.29 is 18.3 Å². The molecule has 0 amide bonds. The summed E-state index contributed by atoms with van der Waals surface area (Å²) in [5, 5.41) is 17.8. The third-order valence-corrected chi connectivity index (χ3v) is 4.41. The first kappa shape index (κ1) is 16.1. The van der Waals surface area contributed by atoms with Gasteiger partial charge in [-0.2, -0.15) is 9.98 Å². The molecule has 0 saturated heterocycles. The Hall–Kier alpha value is -1.91. The van der Waals surface area contributed by atoms with E-state index < -0.39 is 22.0 Å². The molecule has 0 radical (unpaired) electrons. The molecule has 0 aliphatic heterocycles. The molecular formula is C13H16N2O4S. The van der Waals surface area contributed by atoms with Crippen molar-refractivity contribution in [1.29, 1.82) is 5.26 Å². The molecule has 6 nitrogen and oxygen atoms in total. The first-order valence-corrected chi connectivity index (χ1v) is 7.43. The number of rotatable bonds is 5. The molecule has 1 aromatic carbocycles. The highest BCUT2D eigenvalue weighted by Gasteiger charge is 2.28. The molecule has 0 heterocycles. The van der Waals surface area contributed by atoms with Crippen molar-refractivity contribution in [1.82, 2.24) is 4.72 Å². The van der Waals surface area contributed by atoms with E-state index in [1.807, 2.05) is 6.07 Å². The second-order valence-electron chi connectivity index (χ2n) is 4.77. The maximum Gasteiger partial charge on any atom is 0.322 e. The van der Waals surface area contributed by atoms with Gasteiger partial charge in [-0.05, 0) is 36.6 Å². The number of carbonyl (C=O) groups is 1. The van der Waals surface area contributed by atoms with Crippen molar-refractivity contribution in [2.75, 3.05) is 0 Å². The van der Waals surface area contributed by atoms with Crippen molar-refractivity contribution >= 4 is 16.0 Å². The van der Waals surface area contributed by atoms with Gasteiger partial charge in [0, 0.05) is 0 Å². The lowest BCUT2D eigenvalue weighted by Crippen LogP contribution is -2.44. The molecule has 0 unspecified atom stereocenters. The van der Waals surface area contributed by atoms with Gasteiger partial charge in [-0.1, -0.05) is 13.8 Å². The van der Waals surface area contributed by atoms with Crippen molar-refractivity contribution in [2.45, 2.75) is 31.7 Å². The first-order chi connectivity index (χ1) is 9.19. The molecule has 1 aromatic rings. The standard InChI is InChI=1S/C13H16N2O4S/c1-8(2)12(13(16)17)15-20(18,19)11-5-4-10(7-14)6-9(11)3/h4-6,8,12,15H,1-3H3,(H,16,17)/t12-/m0/s1. The van der Waals surface area contributed by atoms with Crippen LogP contribution >= 0.6 is 0 Å². The Labute approximate surface area is 118 Å². The molecular weight excluding hydrogens is 280 g/mol. The van der Waals surface area contributed by atoms with Crippen LogP contribution in [-0.2, 0) is 14.8 Å². The van der Waals surface area contributed by atoms with E-state index >= 15 is 0 Å². The topological polar surface area (TPSA) is 107 Å². The molecule has 20 heavy (non-hydrogen) atoms. The Morgan fingerprint density at radius 1 is 1.40 bits per heavy atom. The van der Waals surface area contributed by atoms with Crippen LogP contribution < -0.4 is 4.72 Å². The number of hydrogen-bond acceptors (Lipinski definition) is 4. The number of carboxylic acid groups (broad SMARTS) is 1. The van der Waals surface area contributed by atoms with Gasteiger partial charge in [-0.15, -0.1) is 0 Å². The van der Waals surface area contributed by atoms with Crippen molar-refractivity contribution in [3.05, 3.63) is 29.3 Å². The van der Waals surface area contributed by atoms with Crippen LogP contribution in [-0.4, -0.2) is 25.5 Å². The third-order valence-electron chi connectivity index (χ3n) is 2.81. The molecule has 0 spiro atoms. The Morgan fingerprint density at radius 2 is 2.00 bits per heavy atom. The van der Waals surface area contributed by atoms with Crippen molar-refractivity contribution in [3.63, 3.8) is 0 Å². The maximum absolute atomic E-state index is 12.2. The zero-order valence-electron chi connectivity index (χ0n) is 11.4. The summed E-state index contributed by atoms with van der Waals surface area (Å²) in [5.74, 6) is -1.61. The van der Waals surface area contributed by atoms with Crippen molar-refractivity contribution in [2.24, 2.45) is 5.92 Å². The molecule has 7 heteroatoms. The van der Waals surface area contributed by atoms with E-state index in [4.69, 9.17) is 10.4 Å². The number of nitrogens with zero attached hydrogens (tertiary/aromatic N) is 1. The fourth-order valence-corrected chi connectivity index (χ4v) is 3.29. The molecule has 2 N–H and O–H groups in total. The SMILES string of the molecule is Cc1cc(C#N)ccc1S(=O)(=O)N[C@H](C(=O)O)C(C)C. The predicted molar refractivity (Wildman–Crippen MR) is 72.5 cm³/mol. The number of benzene rings is 1. The molecule has 0 aliphatic rings. The van der Waals surface area contributed by atoms with Crippen LogP contribution in [0.5, 0.6) is 0 Å². The molecule has 0 saturated carbocycles. The average molecular weight is 296 g/mol. The molecule has 0 bridgehead atoms. The summed E-state index contributed by atoms with van der Waals surface area (Å²) >= 11 is 0. The van der Waals surface area contributed by atoms with E-state index in [1.54, 1.807) is 20.8 Å². The smallest absolute Gasteiger partial charge is 0.322 e. The second-order valence-corrected chi connectivity index (χ2v) is 6.46. The Bertz CT molecular complexity index is 659. The minimum atomic E-state index is -3.95. The third kappa shape index (κ3) is 3.56. The van der Waals surface area contributed by atoms with E-state index in [0.29, 0.717) is 11.1 Å². The predicted octanol–water partition coefficient (Wildman–Crippen LogP) is 1.25. The van der Waals surface area contributed by atoms with Crippen molar-refractivity contribution in [3.8, 4) is 6.07 Å². The summed E-state index contributed by atoms with van der Waals surface area (Å²) < 4.78 is 26.6. The largest absolute Gasteiger partial charge is 0.480 e. The zero-order chi connectivity index (χ0) is 15.5. The fourth-order valence-electron chi connectivity index (χ4n) is 1.72. The highest BCUT2D eigenvalue weighted by Crippen LogP contribution is 2.18. The van der Waals surface area contributed by atoms with Crippen LogP contribution in [0.3, 0.4) is 0 Å². The van der Waals surface area contributed by atoms with Gasteiger partial charge >= 0.3 is 5.97 Å². The van der Waals surface area contributed by atoms with E-state index in [-0.39, 0.29) is 10.8 Å². The summed E-state index contributed by atoms with van der Waals surface area (Å²) in [4.78, 5) is 11.0. The molecule has 1 atom stereocenters. The normalized spacial score (nSPS) is 12.9. The van der Waals surface area contributed by atoms with Gasteiger partial charge in [0.05, 0.1) is 16.5 Å². The van der Waals surface area contributed by atoms with Gasteiger partial charge in [0.2, 0.25) is 10.0 Å². The van der Waals surface area contributed by atoms with Gasteiger partial charge in [0.15, 0.2) is 0 Å². The fraction of sp³-hybridized carbons (Fsp3) is 0.385. The number of carboxylic acids is 1. The quantitative estimate of drug-likeness (QED) is 0.850. The van der Waals surface area contributed by atoms with Crippen LogP contribution in [0.15, 0.2) is 23.1 Å². The van der Waals surface area contributed by atoms with Crippen LogP contribution in [0.25, 0.3) is 0 Å². The molecule has 0 aliphatic carbocycles. The lowest BCUT2D eigenvalue weighted by molar-refractivity contribution is -0.140.